The van der Waals surface area contributed by atoms with Crippen LogP contribution in [0.1, 0.15) is 38.1 Å². The molecule has 0 atom stereocenters. The van der Waals surface area contributed by atoms with Gasteiger partial charge >= 0.3 is 0 Å². The Labute approximate surface area is 101 Å². The second-order valence-corrected chi connectivity index (χ2v) is 5.49. The van der Waals surface area contributed by atoms with Crippen LogP contribution in [0.4, 0.5) is 0 Å². The summed E-state index contributed by atoms with van der Waals surface area (Å²) in [7, 11) is 0. The Morgan fingerprint density at radius 1 is 1.41 bits per heavy atom. The summed E-state index contributed by atoms with van der Waals surface area (Å²) in [5.74, 6) is 1.61. The van der Waals surface area contributed by atoms with E-state index in [1.807, 2.05) is 12.3 Å². The number of fused-ring (bicyclic) bond motifs is 1. The van der Waals surface area contributed by atoms with Crippen molar-refractivity contribution < 1.29 is 0 Å². The van der Waals surface area contributed by atoms with Crippen molar-refractivity contribution >= 4 is 5.65 Å². The maximum absolute atomic E-state index is 6.26. The zero-order chi connectivity index (χ0) is 12.0. The molecule has 0 amide bonds. The molecule has 2 aromatic rings. The first kappa shape index (κ1) is 10.7. The molecular formula is C13H18N4. The number of aromatic nitrogens is 3. The predicted molar refractivity (Wildman–Crippen MR) is 66.6 cm³/mol. The molecule has 0 unspecified atom stereocenters. The van der Waals surface area contributed by atoms with E-state index in [1.165, 1.54) is 0 Å². The van der Waals surface area contributed by atoms with E-state index in [2.05, 4.69) is 34.5 Å². The van der Waals surface area contributed by atoms with E-state index in [0.29, 0.717) is 5.92 Å². The molecular weight excluding hydrogens is 212 g/mol. The van der Waals surface area contributed by atoms with E-state index in [4.69, 9.17) is 5.73 Å². The van der Waals surface area contributed by atoms with E-state index < -0.39 is 0 Å². The van der Waals surface area contributed by atoms with E-state index >= 15 is 0 Å². The first-order chi connectivity index (χ1) is 8.10. The van der Waals surface area contributed by atoms with Crippen molar-refractivity contribution in [3.63, 3.8) is 0 Å². The third kappa shape index (κ3) is 1.72. The summed E-state index contributed by atoms with van der Waals surface area (Å²) >= 11 is 0. The summed E-state index contributed by atoms with van der Waals surface area (Å²) in [6.45, 7) is 4.38. The first-order valence-electron chi connectivity index (χ1n) is 6.22. The highest BCUT2D eigenvalue weighted by Gasteiger charge is 2.42. The van der Waals surface area contributed by atoms with E-state index in [1.54, 1.807) is 0 Å². The van der Waals surface area contributed by atoms with Crippen LogP contribution in [-0.4, -0.2) is 14.6 Å². The van der Waals surface area contributed by atoms with Crippen molar-refractivity contribution in [1.82, 2.24) is 14.6 Å². The average molecular weight is 230 g/mol. The minimum Gasteiger partial charge on any atom is -0.321 e. The van der Waals surface area contributed by atoms with Gasteiger partial charge in [-0.05, 0) is 24.8 Å². The molecule has 0 aliphatic heterocycles. The van der Waals surface area contributed by atoms with Crippen LogP contribution >= 0.6 is 0 Å². The van der Waals surface area contributed by atoms with Crippen molar-refractivity contribution in [2.75, 3.05) is 0 Å². The van der Waals surface area contributed by atoms with Gasteiger partial charge in [0.05, 0.1) is 0 Å². The van der Waals surface area contributed by atoms with Crippen molar-refractivity contribution in [2.24, 2.45) is 11.7 Å². The van der Waals surface area contributed by atoms with Crippen LogP contribution in [0.5, 0.6) is 0 Å². The lowest BCUT2D eigenvalue weighted by Gasteiger charge is -2.10. The Kier molecular flexibility index (Phi) is 2.23. The Morgan fingerprint density at radius 2 is 2.18 bits per heavy atom. The van der Waals surface area contributed by atoms with Crippen LogP contribution in [0.25, 0.3) is 5.65 Å². The molecule has 2 heterocycles. The highest BCUT2D eigenvalue weighted by atomic mass is 15.2. The highest BCUT2D eigenvalue weighted by molar-refractivity contribution is 5.53. The van der Waals surface area contributed by atoms with Gasteiger partial charge in [0.1, 0.15) is 5.82 Å². The van der Waals surface area contributed by atoms with E-state index in [-0.39, 0.29) is 5.54 Å². The molecule has 0 aromatic carbocycles. The van der Waals surface area contributed by atoms with E-state index in [0.717, 1.165) is 36.3 Å². The Morgan fingerprint density at radius 3 is 2.82 bits per heavy atom. The third-order valence-corrected chi connectivity index (χ3v) is 3.42. The zero-order valence-corrected chi connectivity index (χ0v) is 10.3. The summed E-state index contributed by atoms with van der Waals surface area (Å²) < 4.78 is 2.09. The fourth-order valence-electron chi connectivity index (χ4n) is 2.26. The molecule has 1 saturated carbocycles. The number of hydrogen-bond acceptors (Lipinski definition) is 3. The fourth-order valence-corrected chi connectivity index (χ4v) is 2.26. The lowest BCUT2D eigenvalue weighted by molar-refractivity contribution is 0.615. The van der Waals surface area contributed by atoms with E-state index in [9.17, 15) is 0 Å². The van der Waals surface area contributed by atoms with Crippen LogP contribution in [-0.2, 0) is 12.0 Å². The minimum absolute atomic E-state index is 0.148. The van der Waals surface area contributed by atoms with Gasteiger partial charge in [0, 0.05) is 23.7 Å². The van der Waals surface area contributed by atoms with Gasteiger partial charge in [-0.15, -0.1) is 10.2 Å². The fraction of sp³-hybridized carbons (Fsp3) is 0.538. The molecule has 1 aliphatic rings. The van der Waals surface area contributed by atoms with Crippen LogP contribution < -0.4 is 5.73 Å². The average Bonchev–Trinajstić information content (AvgIpc) is 2.90. The molecule has 0 bridgehead atoms. The number of rotatable bonds is 3. The van der Waals surface area contributed by atoms with Crippen molar-refractivity contribution in [3.8, 4) is 0 Å². The van der Waals surface area contributed by atoms with Gasteiger partial charge < -0.3 is 5.73 Å². The number of hydrogen-bond donors (Lipinski definition) is 1. The number of pyridine rings is 1. The molecule has 2 aromatic heterocycles. The largest absolute Gasteiger partial charge is 0.321 e. The molecule has 0 saturated heterocycles. The van der Waals surface area contributed by atoms with Gasteiger partial charge in [-0.25, -0.2) is 0 Å². The topological polar surface area (TPSA) is 56.2 Å². The Balaban J connectivity index is 2.12. The summed E-state index contributed by atoms with van der Waals surface area (Å²) in [6.07, 6.45) is 5.09. The highest BCUT2D eigenvalue weighted by Crippen LogP contribution is 2.43. The Hall–Kier alpha value is -1.42. The number of nitrogens with zero attached hydrogens (tertiary/aromatic N) is 3. The standard InChI is InChI=1S/C13H18N4/c1-9(2)8-11-15-16-12-10(13(14)5-6-13)4-3-7-17(11)12/h3-4,7,9H,5-6,8,14H2,1-2H3. The van der Waals surface area contributed by atoms with Crippen LogP contribution in [0.15, 0.2) is 18.3 Å². The molecule has 17 heavy (non-hydrogen) atoms. The predicted octanol–water partition coefficient (Wildman–Crippen LogP) is 1.88. The minimum atomic E-state index is -0.148. The van der Waals surface area contributed by atoms with Crippen molar-refractivity contribution in [3.05, 3.63) is 29.7 Å². The first-order valence-corrected chi connectivity index (χ1v) is 6.22. The molecule has 4 heteroatoms. The van der Waals surface area contributed by atoms with Crippen LogP contribution in [0.2, 0.25) is 0 Å². The molecule has 3 rings (SSSR count). The lowest BCUT2D eigenvalue weighted by Crippen LogP contribution is -2.19. The zero-order valence-electron chi connectivity index (χ0n) is 10.3. The number of nitrogens with two attached hydrogens (primary N) is 1. The molecule has 1 fully saturated rings. The summed E-state index contributed by atoms with van der Waals surface area (Å²) in [5.41, 5.74) is 8.19. The molecule has 0 radical (unpaired) electrons. The van der Waals surface area contributed by atoms with Gasteiger partial charge in [-0.1, -0.05) is 19.9 Å². The smallest absolute Gasteiger partial charge is 0.165 e. The van der Waals surface area contributed by atoms with Gasteiger partial charge in [0.25, 0.3) is 0 Å². The van der Waals surface area contributed by atoms with Gasteiger partial charge in [0.15, 0.2) is 5.65 Å². The normalized spacial score (nSPS) is 17.9. The van der Waals surface area contributed by atoms with Crippen molar-refractivity contribution in [2.45, 2.75) is 38.6 Å². The summed E-state index contributed by atoms with van der Waals surface area (Å²) in [5, 5.41) is 8.61. The van der Waals surface area contributed by atoms with Gasteiger partial charge in [0.2, 0.25) is 0 Å². The van der Waals surface area contributed by atoms with Gasteiger partial charge in [-0.3, -0.25) is 4.40 Å². The molecule has 0 spiro atoms. The second-order valence-electron chi connectivity index (χ2n) is 5.49. The van der Waals surface area contributed by atoms with Gasteiger partial charge in [-0.2, -0.15) is 0 Å². The van der Waals surface area contributed by atoms with Crippen LogP contribution in [0, 0.1) is 5.92 Å². The lowest BCUT2D eigenvalue weighted by atomic mass is 10.1. The summed E-state index contributed by atoms with van der Waals surface area (Å²) in [4.78, 5) is 0. The molecule has 1 aliphatic carbocycles. The second kappa shape index (κ2) is 3.53. The monoisotopic (exact) mass is 230 g/mol. The maximum atomic E-state index is 6.26. The van der Waals surface area contributed by atoms with Crippen LogP contribution in [0.3, 0.4) is 0 Å². The molecule has 2 N–H and O–H groups in total. The SMILES string of the molecule is CC(C)Cc1nnc2c(C3(N)CC3)cccn12. The molecule has 4 nitrogen and oxygen atoms in total. The van der Waals surface area contributed by atoms with Crippen molar-refractivity contribution in [1.29, 1.82) is 0 Å². The maximum Gasteiger partial charge on any atom is 0.165 e. The third-order valence-electron chi connectivity index (χ3n) is 3.42. The summed E-state index contributed by atoms with van der Waals surface area (Å²) in [6, 6.07) is 4.12. The Bertz CT molecular complexity index is 552. The molecule has 90 valence electrons. The quantitative estimate of drug-likeness (QED) is 0.875.